The Morgan fingerprint density at radius 2 is 1.95 bits per heavy atom. The summed E-state index contributed by atoms with van der Waals surface area (Å²) in [5.41, 5.74) is 2.78. The number of aromatic nitrogens is 2. The van der Waals surface area contributed by atoms with Gasteiger partial charge in [-0.1, -0.05) is 34.6 Å². The van der Waals surface area contributed by atoms with Gasteiger partial charge < -0.3 is 5.32 Å². The summed E-state index contributed by atoms with van der Waals surface area (Å²) in [6.07, 6.45) is 3.22. The SMILES string of the molecule is CCCNCC(C)(Cc1c(Br)c(CC)nn1CC)C(C)C. The maximum absolute atomic E-state index is 4.74. The normalized spacial score (nSPS) is 14.7. The quantitative estimate of drug-likeness (QED) is 0.662. The van der Waals surface area contributed by atoms with E-state index in [1.165, 1.54) is 22.3 Å². The van der Waals surface area contributed by atoms with E-state index in [9.17, 15) is 0 Å². The maximum atomic E-state index is 4.74. The van der Waals surface area contributed by atoms with Gasteiger partial charge in [0, 0.05) is 13.1 Å². The van der Waals surface area contributed by atoms with Crippen molar-refractivity contribution in [2.75, 3.05) is 13.1 Å². The van der Waals surface area contributed by atoms with Crippen LogP contribution in [0.5, 0.6) is 0 Å². The lowest BCUT2D eigenvalue weighted by atomic mass is 9.75. The van der Waals surface area contributed by atoms with Gasteiger partial charge in [-0.05, 0) is 60.0 Å². The van der Waals surface area contributed by atoms with E-state index in [1.807, 2.05) is 0 Å². The molecule has 0 saturated heterocycles. The Balaban J connectivity index is 3.00. The first-order valence-corrected chi connectivity index (χ1v) is 9.13. The molecule has 1 aromatic rings. The zero-order valence-corrected chi connectivity index (χ0v) is 16.2. The molecule has 4 heteroatoms. The van der Waals surface area contributed by atoms with Crippen molar-refractivity contribution in [3.63, 3.8) is 0 Å². The number of halogens is 1. The summed E-state index contributed by atoms with van der Waals surface area (Å²) in [7, 11) is 0. The van der Waals surface area contributed by atoms with Gasteiger partial charge in [-0.15, -0.1) is 0 Å². The highest BCUT2D eigenvalue weighted by molar-refractivity contribution is 9.10. The van der Waals surface area contributed by atoms with E-state index in [-0.39, 0.29) is 5.41 Å². The van der Waals surface area contributed by atoms with E-state index >= 15 is 0 Å². The van der Waals surface area contributed by atoms with Crippen LogP contribution in [0.3, 0.4) is 0 Å². The first-order valence-electron chi connectivity index (χ1n) is 8.34. The molecule has 0 saturated carbocycles. The predicted octanol–water partition coefficient (Wildman–Crippen LogP) is 4.43. The highest BCUT2D eigenvalue weighted by atomic mass is 79.9. The molecule has 1 atom stereocenters. The van der Waals surface area contributed by atoms with Gasteiger partial charge in [-0.3, -0.25) is 4.68 Å². The fraction of sp³-hybridized carbons (Fsp3) is 0.824. The first-order chi connectivity index (χ1) is 9.89. The summed E-state index contributed by atoms with van der Waals surface area (Å²) < 4.78 is 3.39. The van der Waals surface area contributed by atoms with Crippen LogP contribution in [0.1, 0.15) is 59.4 Å². The molecule has 21 heavy (non-hydrogen) atoms. The monoisotopic (exact) mass is 357 g/mol. The lowest BCUT2D eigenvalue weighted by Crippen LogP contribution is -2.38. The molecule has 0 bridgehead atoms. The zero-order valence-electron chi connectivity index (χ0n) is 14.6. The number of hydrogen-bond donors (Lipinski definition) is 1. The van der Waals surface area contributed by atoms with Crippen molar-refractivity contribution in [2.24, 2.45) is 11.3 Å². The average Bonchev–Trinajstić information content (AvgIpc) is 2.75. The number of hydrogen-bond acceptors (Lipinski definition) is 2. The third kappa shape index (κ3) is 4.56. The molecule has 3 nitrogen and oxygen atoms in total. The van der Waals surface area contributed by atoms with Crippen LogP contribution in [-0.2, 0) is 19.4 Å². The lowest BCUT2D eigenvalue weighted by molar-refractivity contribution is 0.202. The molecule has 0 aromatic carbocycles. The zero-order chi connectivity index (χ0) is 16.0. The molecular weight excluding hydrogens is 326 g/mol. The van der Waals surface area contributed by atoms with Gasteiger partial charge in [0.25, 0.3) is 0 Å². The summed E-state index contributed by atoms with van der Waals surface area (Å²) in [4.78, 5) is 0. The summed E-state index contributed by atoms with van der Waals surface area (Å²) >= 11 is 3.78. The number of nitrogens with zero attached hydrogens (tertiary/aromatic N) is 2. The average molecular weight is 358 g/mol. The van der Waals surface area contributed by atoms with Crippen LogP contribution >= 0.6 is 15.9 Å². The summed E-state index contributed by atoms with van der Waals surface area (Å²) in [6.45, 7) is 16.7. The second kappa shape index (κ2) is 8.33. The van der Waals surface area contributed by atoms with Crippen LogP contribution < -0.4 is 5.32 Å². The molecule has 0 amide bonds. The molecule has 0 aliphatic rings. The fourth-order valence-corrected chi connectivity index (χ4v) is 3.29. The largest absolute Gasteiger partial charge is 0.316 e. The Morgan fingerprint density at radius 1 is 1.29 bits per heavy atom. The van der Waals surface area contributed by atoms with Crippen molar-refractivity contribution in [1.82, 2.24) is 15.1 Å². The van der Waals surface area contributed by atoms with E-state index in [0.717, 1.165) is 32.5 Å². The van der Waals surface area contributed by atoms with Crippen LogP contribution in [-0.4, -0.2) is 22.9 Å². The molecule has 1 N–H and O–H groups in total. The Hall–Kier alpha value is -0.350. The second-order valence-corrected chi connectivity index (χ2v) is 7.33. The summed E-state index contributed by atoms with van der Waals surface area (Å²) in [5.74, 6) is 0.624. The minimum absolute atomic E-state index is 0.246. The molecule has 0 radical (unpaired) electrons. The van der Waals surface area contributed by atoms with E-state index < -0.39 is 0 Å². The smallest absolute Gasteiger partial charge is 0.0766 e. The van der Waals surface area contributed by atoms with Crippen LogP contribution in [0.25, 0.3) is 0 Å². The third-order valence-electron chi connectivity index (χ3n) is 4.61. The molecule has 0 spiro atoms. The Labute approximate surface area is 139 Å². The van der Waals surface area contributed by atoms with Crippen LogP contribution in [0.2, 0.25) is 0 Å². The number of aryl methyl sites for hydroxylation is 2. The van der Waals surface area contributed by atoms with Gasteiger partial charge in [0.1, 0.15) is 0 Å². The van der Waals surface area contributed by atoms with Gasteiger partial charge in [-0.2, -0.15) is 5.10 Å². The minimum atomic E-state index is 0.246. The van der Waals surface area contributed by atoms with Gasteiger partial charge in [0.2, 0.25) is 0 Å². The van der Waals surface area contributed by atoms with E-state index in [2.05, 4.69) is 67.5 Å². The van der Waals surface area contributed by atoms with E-state index in [4.69, 9.17) is 5.10 Å². The summed E-state index contributed by atoms with van der Waals surface area (Å²) in [6, 6.07) is 0. The molecule has 0 aliphatic carbocycles. The third-order valence-corrected chi connectivity index (χ3v) is 5.53. The molecule has 0 fully saturated rings. The first kappa shape index (κ1) is 18.7. The standard InChI is InChI=1S/C17H32BrN3/c1-7-10-19-12-17(6,13(4)5)11-15-16(18)14(8-2)20-21(15)9-3/h13,19H,7-12H2,1-6H3. The molecule has 1 unspecified atom stereocenters. The number of rotatable bonds is 9. The van der Waals surface area contributed by atoms with Gasteiger partial charge in [-0.25, -0.2) is 0 Å². The van der Waals surface area contributed by atoms with Crippen molar-refractivity contribution in [1.29, 1.82) is 0 Å². The van der Waals surface area contributed by atoms with Crippen molar-refractivity contribution in [2.45, 2.75) is 67.3 Å². The van der Waals surface area contributed by atoms with Crippen molar-refractivity contribution < 1.29 is 0 Å². The molecular formula is C17H32BrN3. The highest BCUT2D eigenvalue weighted by Crippen LogP contribution is 2.34. The highest BCUT2D eigenvalue weighted by Gasteiger charge is 2.31. The van der Waals surface area contributed by atoms with Gasteiger partial charge in [0.15, 0.2) is 0 Å². The minimum Gasteiger partial charge on any atom is -0.316 e. The van der Waals surface area contributed by atoms with E-state index in [1.54, 1.807) is 0 Å². The Morgan fingerprint density at radius 3 is 2.43 bits per heavy atom. The lowest BCUT2D eigenvalue weighted by Gasteiger charge is -2.34. The maximum Gasteiger partial charge on any atom is 0.0766 e. The van der Waals surface area contributed by atoms with Gasteiger partial charge in [0.05, 0.1) is 15.9 Å². The fourth-order valence-electron chi connectivity index (χ4n) is 2.59. The molecule has 122 valence electrons. The van der Waals surface area contributed by atoms with Gasteiger partial charge >= 0.3 is 0 Å². The Kier molecular flexibility index (Phi) is 7.41. The van der Waals surface area contributed by atoms with E-state index in [0.29, 0.717) is 5.92 Å². The molecule has 0 aliphatic heterocycles. The van der Waals surface area contributed by atoms with Crippen LogP contribution in [0.15, 0.2) is 4.47 Å². The Bertz CT molecular complexity index is 439. The molecule has 1 aromatic heterocycles. The van der Waals surface area contributed by atoms with Crippen LogP contribution in [0, 0.1) is 11.3 Å². The van der Waals surface area contributed by atoms with Crippen molar-refractivity contribution >= 4 is 15.9 Å². The summed E-state index contributed by atoms with van der Waals surface area (Å²) in [5, 5.41) is 8.35. The predicted molar refractivity (Wildman–Crippen MR) is 94.8 cm³/mol. The van der Waals surface area contributed by atoms with Crippen LogP contribution in [0.4, 0.5) is 0 Å². The number of nitrogens with one attached hydrogen (secondary N) is 1. The molecule has 1 heterocycles. The van der Waals surface area contributed by atoms with Crippen molar-refractivity contribution in [3.05, 3.63) is 15.9 Å². The molecule has 1 rings (SSSR count). The van der Waals surface area contributed by atoms with Crippen molar-refractivity contribution in [3.8, 4) is 0 Å². The second-order valence-electron chi connectivity index (χ2n) is 6.54. The topological polar surface area (TPSA) is 29.9 Å².